The summed E-state index contributed by atoms with van der Waals surface area (Å²) in [5, 5.41) is 11.9. The molecule has 1 aliphatic rings. The first kappa shape index (κ1) is 7.33. The SMILES string of the molecule is Cc1cc(C#N)cc(C2CN2)c1. The topological polar surface area (TPSA) is 45.7 Å². The lowest BCUT2D eigenvalue weighted by molar-refractivity contribution is 1.07. The van der Waals surface area contributed by atoms with Gasteiger partial charge in [-0.2, -0.15) is 5.26 Å². The fourth-order valence-electron chi connectivity index (χ4n) is 1.37. The van der Waals surface area contributed by atoms with Crippen LogP contribution in [0.2, 0.25) is 0 Å². The summed E-state index contributed by atoms with van der Waals surface area (Å²) in [6, 6.07) is 8.66. The first-order valence-electron chi connectivity index (χ1n) is 4.04. The second kappa shape index (κ2) is 2.62. The molecule has 0 spiro atoms. The van der Waals surface area contributed by atoms with Gasteiger partial charge in [-0.3, -0.25) is 0 Å². The molecule has 12 heavy (non-hydrogen) atoms. The zero-order chi connectivity index (χ0) is 8.55. The first-order chi connectivity index (χ1) is 5.79. The zero-order valence-electron chi connectivity index (χ0n) is 6.96. The summed E-state index contributed by atoms with van der Waals surface area (Å²) >= 11 is 0. The fraction of sp³-hybridized carbons (Fsp3) is 0.300. The number of nitrogens with zero attached hydrogens (tertiary/aromatic N) is 1. The van der Waals surface area contributed by atoms with Crippen molar-refractivity contribution in [1.82, 2.24) is 5.32 Å². The Morgan fingerprint density at radius 3 is 2.83 bits per heavy atom. The summed E-state index contributed by atoms with van der Waals surface area (Å²) in [6.07, 6.45) is 0. The molecule has 0 saturated carbocycles. The minimum Gasteiger partial charge on any atom is -0.307 e. The van der Waals surface area contributed by atoms with Crippen LogP contribution in [0.25, 0.3) is 0 Å². The fourth-order valence-corrected chi connectivity index (χ4v) is 1.37. The van der Waals surface area contributed by atoms with E-state index in [0.29, 0.717) is 6.04 Å². The highest BCUT2D eigenvalue weighted by Gasteiger charge is 2.22. The molecule has 1 aliphatic heterocycles. The predicted octanol–water partition coefficient (Wildman–Crippen LogP) is 1.51. The van der Waals surface area contributed by atoms with Crippen molar-refractivity contribution in [3.05, 3.63) is 34.9 Å². The average molecular weight is 158 g/mol. The van der Waals surface area contributed by atoms with E-state index in [1.165, 1.54) is 5.56 Å². The van der Waals surface area contributed by atoms with Gasteiger partial charge in [0.05, 0.1) is 11.6 Å². The number of hydrogen-bond acceptors (Lipinski definition) is 2. The summed E-state index contributed by atoms with van der Waals surface area (Å²) in [5.41, 5.74) is 3.17. The maximum atomic E-state index is 8.72. The third kappa shape index (κ3) is 1.32. The molecular formula is C10H10N2. The summed E-state index contributed by atoms with van der Waals surface area (Å²) in [5.74, 6) is 0. The van der Waals surface area contributed by atoms with Gasteiger partial charge in [0.25, 0.3) is 0 Å². The van der Waals surface area contributed by atoms with Crippen LogP contribution >= 0.6 is 0 Å². The second-order valence-electron chi connectivity index (χ2n) is 3.21. The molecule has 0 aromatic heterocycles. The molecule has 1 unspecified atom stereocenters. The highest BCUT2D eigenvalue weighted by atomic mass is 15.1. The van der Waals surface area contributed by atoms with Crippen molar-refractivity contribution in [3.8, 4) is 6.07 Å². The van der Waals surface area contributed by atoms with Crippen molar-refractivity contribution in [3.63, 3.8) is 0 Å². The number of nitrogens with one attached hydrogen (secondary N) is 1. The Labute approximate surface area is 71.8 Å². The van der Waals surface area contributed by atoms with Crippen LogP contribution in [0.15, 0.2) is 18.2 Å². The van der Waals surface area contributed by atoms with Gasteiger partial charge in [0.1, 0.15) is 0 Å². The maximum absolute atomic E-state index is 8.72. The Bertz CT molecular complexity index is 345. The Kier molecular flexibility index (Phi) is 1.60. The summed E-state index contributed by atoms with van der Waals surface area (Å²) in [4.78, 5) is 0. The number of benzene rings is 1. The lowest BCUT2D eigenvalue weighted by Crippen LogP contribution is -1.87. The molecule has 1 heterocycles. The van der Waals surface area contributed by atoms with Crippen molar-refractivity contribution >= 4 is 0 Å². The molecule has 2 rings (SSSR count). The zero-order valence-corrected chi connectivity index (χ0v) is 6.96. The standard InChI is InChI=1S/C10H10N2/c1-7-2-8(5-11)4-9(3-7)10-6-12-10/h2-4,10,12H,6H2,1H3. The number of nitriles is 1. The van der Waals surface area contributed by atoms with Gasteiger partial charge >= 0.3 is 0 Å². The lowest BCUT2D eigenvalue weighted by Gasteiger charge is -1.99. The highest BCUT2D eigenvalue weighted by molar-refractivity contribution is 5.39. The normalized spacial score (nSPS) is 20.2. The van der Waals surface area contributed by atoms with Gasteiger partial charge in [0.2, 0.25) is 0 Å². The minimum atomic E-state index is 0.497. The number of rotatable bonds is 1. The monoisotopic (exact) mass is 158 g/mol. The van der Waals surface area contributed by atoms with E-state index in [1.807, 2.05) is 19.1 Å². The van der Waals surface area contributed by atoms with E-state index >= 15 is 0 Å². The Morgan fingerprint density at radius 1 is 1.50 bits per heavy atom. The smallest absolute Gasteiger partial charge is 0.0991 e. The van der Waals surface area contributed by atoms with Crippen LogP contribution in [0.5, 0.6) is 0 Å². The maximum Gasteiger partial charge on any atom is 0.0991 e. The Hall–Kier alpha value is -1.33. The number of aryl methyl sites for hydroxylation is 1. The molecule has 60 valence electrons. The molecule has 0 amide bonds. The quantitative estimate of drug-likeness (QED) is 0.630. The van der Waals surface area contributed by atoms with E-state index in [9.17, 15) is 0 Å². The van der Waals surface area contributed by atoms with Crippen molar-refractivity contribution in [1.29, 1.82) is 5.26 Å². The van der Waals surface area contributed by atoms with E-state index in [2.05, 4.69) is 17.5 Å². The molecule has 1 N–H and O–H groups in total. The Balaban J connectivity index is 2.43. The Morgan fingerprint density at radius 2 is 2.25 bits per heavy atom. The van der Waals surface area contributed by atoms with E-state index < -0.39 is 0 Å². The molecule has 0 radical (unpaired) electrons. The average Bonchev–Trinajstić information content (AvgIpc) is 2.85. The summed E-state index contributed by atoms with van der Waals surface area (Å²) < 4.78 is 0. The van der Waals surface area contributed by atoms with Crippen molar-refractivity contribution < 1.29 is 0 Å². The van der Waals surface area contributed by atoms with Crippen LogP contribution in [0, 0.1) is 18.3 Å². The molecule has 1 fully saturated rings. The first-order valence-corrected chi connectivity index (χ1v) is 4.04. The third-order valence-corrected chi connectivity index (χ3v) is 2.04. The van der Waals surface area contributed by atoms with Crippen LogP contribution in [-0.2, 0) is 0 Å². The highest BCUT2D eigenvalue weighted by Crippen LogP contribution is 2.23. The molecular weight excluding hydrogens is 148 g/mol. The van der Waals surface area contributed by atoms with Crippen LogP contribution in [-0.4, -0.2) is 6.54 Å². The molecule has 1 atom stereocenters. The van der Waals surface area contributed by atoms with E-state index in [4.69, 9.17) is 5.26 Å². The summed E-state index contributed by atoms with van der Waals surface area (Å²) in [6.45, 7) is 3.07. The minimum absolute atomic E-state index is 0.497. The molecule has 1 aromatic carbocycles. The lowest BCUT2D eigenvalue weighted by atomic mass is 10.1. The second-order valence-corrected chi connectivity index (χ2v) is 3.21. The molecule has 2 heteroatoms. The van der Waals surface area contributed by atoms with Crippen LogP contribution in [0.3, 0.4) is 0 Å². The van der Waals surface area contributed by atoms with E-state index in [-0.39, 0.29) is 0 Å². The van der Waals surface area contributed by atoms with Gasteiger partial charge in [-0.05, 0) is 30.2 Å². The van der Waals surface area contributed by atoms with Gasteiger partial charge in [0.15, 0.2) is 0 Å². The van der Waals surface area contributed by atoms with Gasteiger partial charge in [-0.1, -0.05) is 6.07 Å². The van der Waals surface area contributed by atoms with E-state index in [1.54, 1.807) is 0 Å². The van der Waals surface area contributed by atoms with Crippen molar-refractivity contribution in [2.75, 3.05) is 6.54 Å². The largest absolute Gasteiger partial charge is 0.307 e. The van der Waals surface area contributed by atoms with Gasteiger partial charge in [-0.25, -0.2) is 0 Å². The van der Waals surface area contributed by atoms with Gasteiger partial charge in [0, 0.05) is 12.6 Å². The molecule has 2 nitrogen and oxygen atoms in total. The number of hydrogen-bond donors (Lipinski definition) is 1. The third-order valence-electron chi connectivity index (χ3n) is 2.04. The van der Waals surface area contributed by atoms with Crippen molar-refractivity contribution in [2.45, 2.75) is 13.0 Å². The van der Waals surface area contributed by atoms with Crippen molar-refractivity contribution in [2.24, 2.45) is 0 Å². The molecule has 1 saturated heterocycles. The van der Waals surface area contributed by atoms with Gasteiger partial charge < -0.3 is 5.32 Å². The van der Waals surface area contributed by atoms with Crippen LogP contribution < -0.4 is 5.32 Å². The van der Waals surface area contributed by atoms with Crippen LogP contribution in [0.4, 0.5) is 0 Å². The van der Waals surface area contributed by atoms with Gasteiger partial charge in [-0.15, -0.1) is 0 Å². The summed E-state index contributed by atoms with van der Waals surface area (Å²) in [7, 11) is 0. The predicted molar refractivity (Wildman–Crippen MR) is 46.6 cm³/mol. The van der Waals surface area contributed by atoms with E-state index in [0.717, 1.165) is 17.7 Å². The molecule has 0 aliphatic carbocycles. The van der Waals surface area contributed by atoms with Crippen LogP contribution in [0.1, 0.15) is 22.7 Å². The molecule has 0 bridgehead atoms. The molecule has 1 aromatic rings.